The Morgan fingerprint density at radius 2 is 1.74 bits per heavy atom. The number of nitrogens with two attached hydrogens (primary N) is 1. The lowest BCUT2D eigenvalue weighted by Gasteiger charge is -2.26. The van der Waals surface area contributed by atoms with E-state index in [9.17, 15) is 0 Å². The van der Waals surface area contributed by atoms with E-state index in [1.54, 1.807) is 0 Å². The van der Waals surface area contributed by atoms with E-state index in [2.05, 4.69) is 39.2 Å². The molecule has 31 heavy (non-hydrogen) atoms. The van der Waals surface area contributed by atoms with Crippen molar-refractivity contribution in [2.75, 3.05) is 10.6 Å². The molecule has 0 radical (unpaired) electrons. The average Bonchev–Trinajstić information content (AvgIpc) is 3.12. The smallest absolute Gasteiger partial charge is 0.227 e. The van der Waals surface area contributed by atoms with E-state index < -0.39 is 0 Å². The molecule has 0 bridgehead atoms. The molecule has 1 saturated carbocycles. The van der Waals surface area contributed by atoms with Gasteiger partial charge >= 0.3 is 0 Å². The van der Waals surface area contributed by atoms with Gasteiger partial charge in [-0.1, -0.05) is 37.3 Å². The molecule has 2 aromatic heterocycles. The van der Waals surface area contributed by atoms with E-state index in [4.69, 9.17) is 15.7 Å². The van der Waals surface area contributed by atoms with Gasteiger partial charge in [0.25, 0.3) is 0 Å². The third-order valence-electron chi connectivity index (χ3n) is 5.34. The standard InChI is InChI=1S/C21H29N7.3ClH/c1-2-12-28-14-24-18-19(23-13-15-6-4-3-5-7-15)26-21(27-20(18)28)25-17-10-8-16(22)9-11-17;;;/h3-7,14,16-17H,2,8-13,22H2,1H3,(H2,23,25,26,27);3*1H. The van der Waals surface area contributed by atoms with Crippen LogP contribution < -0.4 is 16.4 Å². The number of hydrogen-bond donors (Lipinski definition) is 3. The molecular formula is C21H32Cl3N7. The lowest BCUT2D eigenvalue weighted by molar-refractivity contribution is 0.410. The lowest BCUT2D eigenvalue weighted by Crippen LogP contribution is -2.33. The molecule has 0 saturated heterocycles. The molecule has 0 amide bonds. The first-order valence-corrected chi connectivity index (χ1v) is 10.3. The van der Waals surface area contributed by atoms with Gasteiger partial charge in [-0.15, -0.1) is 37.2 Å². The summed E-state index contributed by atoms with van der Waals surface area (Å²) in [6.07, 6.45) is 7.11. The Morgan fingerprint density at radius 3 is 2.42 bits per heavy atom. The largest absolute Gasteiger partial charge is 0.364 e. The minimum absolute atomic E-state index is 0. The van der Waals surface area contributed by atoms with Crippen LogP contribution in [-0.2, 0) is 13.1 Å². The number of imidazole rings is 1. The maximum Gasteiger partial charge on any atom is 0.227 e. The normalized spacial score (nSPS) is 17.7. The van der Waals surface area contributed by atoms with Gasteiger partial charge in [-0.3, -0.25) is 0 Å². The number of anilines is 2. The number of nitrogens with zero attached hydrogens (tertiary/aromatic N) is 4. The van der Waals surface area contributed by atoms with Crippen molar-refractivity contribution < 1.29 is 0 Å². The lowest BCUT2D eigenvalue weighted by atomic mass is 9.92. The second kappa shape index (κ2) is 12.9. The first-order valence-electron chi connectivity index (χ1n) is 10.3. The van der Waals surface area contributed by atoms with Crippen molar-refractivity contribution in [2.45, 2.75) is 64.2 Å². The van der Waals surface area contributed by atoms with E-state index in [1.165, 1.54) is 5.56 Å². The summed E-state index contributed by atoms with van der Waals surface area (Å²) in [4.78, 5) is 14.1. The van der Waals surface area contributed by atoms with Crippen molar-refractivity contribution in [3.63, 3.8) is 0 Å². The van der Waals surface area contributed by atoms with E-state index in [-0.39, 0.29) is 37.2 Å². The van der Waals surface area contributed by atoms with Crippen LogP contribution in [0.1, 0.15) is 44.6 Å². The molecule has 4 rings (SSSR count). The third kappa shape index (κ3) is 6.84. The fourth-order valence-electron chi connectivity index (χ4n) is 3.76. The first-order chi connectivity index (χ1) is 13.7. The molecule has 0 spiro atoms. The van der Waals surface area contributed by atoms with Crippen LogP contribution in [0.3, 0.4) is 0 Å². The number of aryl methyl sites for hydroxylation is 1. The van der Waals surface area contributed by atoms with Crippen LogP contribution in [0.5, 0.6) is 0 Å². The zero-order chi connectivity index (χ0) is 19.3. The summed E-state index contributed by atoms with van der Waals surface area (Å²) in [5.41, 5.74) is 8.95. The number of benzene rings is 1. The SMILES string of the molecule is CCCn1cnc2c(NCc3ccccc3)nc(NC3CCC(N)CC3)nc21.Cl.Cl.Cl. The molecule has 1 aliphatic carbocycles. The highest BCUT2D eigenvalue weighted by Crippen LogP contribution is 2.24. The highest BCUT2D eigenvalue weighted by Gasteiger charge is 2.20. The monoisotopic (exact) mass is 487 g/mol. The van der Waals surface area contributed by atoms with Gasteiger partial charge in [0, 0.05) is 25.2 Å². The van der Waals surface area contributed by atoms with Crippen molar-refractivity contribution in [2.24, 2.45) is 5.73 Å². The molecule has 10 heteroatoms. The zero-order valence-corrected chi connectivity index (χ0v) is 20.1. The van der Waals surface area contributed by atoms with E-state index >= 15 is 0 Å². The molecule has 3 aromatic rings. The van der Waals surface area contributed by atoms with Gasteiger partial charge in [-0.05, 0) is 37.7 Å². The average molecular weight is 489 g/mol. The second-order valence-corrected chi connectivity index (χ2v) is 7.60. The fourth-order valence-corrected chi connectivity index (χ4v) is 3.76. The Kier molecular flexibility index (Phi) is 11.3. The van der Waals surface area contributed by atoms with Crippen molar-refractivity contribution in [1.29, 1.82) is 0 Å². The maximum absolute atomic E-state index is 6.04. The summed E-state index contributed by atoms with van der Waals surface area (Å²) in [5.74, 6) is 1.44. The van der Waals surface area contributed by atoms with Crippen molar-refractivity contribution in [3.8, 4) is 0 Å². The third-order valence-corrected chi connectivity index (χ3v) is 5.34. The molecule has 172 valence electrons. The highest BCUT2D eigenvalue weighted by atomic mass is 35.5. The van der Waals surface area contributed by atoms with Crippen LogP contribution in [0.25, 0.3) is 11.2 Å². The van der Waals surface area contributed by atoms with Crippen LogP contribution in [0.4, 0.5) is 11.8 Å². The van der Waals surface area contributed by atoms with Crippen LogP contribution >= 0.6 is 37.2 Å². The molecule has 4 N–H and O–H groups in total. The predicted molar refractivity (Wildman–Crippen MR) is 135 cm³/mol. The Balaban J connectivity index is 0.00000160. The van der Waals surface area contributed by atoms with Crippen LogP contribution in [0.15, 0.2) is 36.7 Å². The Labute approximate surface area is 202 Å². The van der Waals surface area contributed by atoms with E-state index in [0.717, 1.165) is 55.6 Å². The van der Waals surface area contributed by atoms with Gasteiger partial charge in [0.05, 0.1) is 6.33 Å². The fraction of sp³-hybridized carbons (Fsp3) is 0.476. The summed E-state index contributed by atoms with van der Waals surface area (Å²) in [7, 11) is 0. The molecular weight excluding hydrogens is 457 g/mol. The zero-order valence-electron chi connectivity index (χ0n) is 17.7. The molecule has 1 fully saturated rings. The predicted octanol–water partition coefficient (Wildman–Crippen LogP) is 4.80. The van der Waals surface area contributed by atoms with Gasteiger partial charge in [0.2, 0.25) is 5.95 Å². The van der Waals surface area contributed by atoms with Gasteiger partial charge in [-0.25, -0.2) is 4.98 Å². The quantitative estimate of drug-likeness (QED) is 0.442. The van der Waals surface area contributed by atoms with E-state index in [1.807, 2.05) is 24.5 Å². The number of nitrogens with one attached hydrogen (secondary N) is 2. The van der Waals surface area contributed by atoms with Crippen LogP contribution in [0, 0.1) is 0 Å². The highest BCUT2D eigenvalue weighted by molar-refractivity contribution is 5.86. The first kappa shape index (κ1) is 27.2. The number of halogens is 3. The summed E-state index contributed by atoms with van der Waals surface area (Å²) < 4.78 is 2.10. The maximum atomic E-state index is 6.04. The molecule has 1 aliphatic rings. The molecule has 7 nitrogen and oxygen atoms in total. The number of hydrogen-bond acceptors (Lipinski definition) is 6. The van der Waals surface area contributed by atoms with Crippen molar-refractivity contribution in [1.82, 2.24) is 19.5 Å². The summed E-state index contributed by atoms with van der Waals surface area (Å²) in [6, 6.07) is 11.0. The van der Waals surface area contributed by atoms with Gasteiger partial charge in [0.15, 0.2) is 17.0 Å². The minimum atomic E-state index is 0. The summed E-state index contributed by atoms with van der Waals surface area (Å²) >= 11 is 0. The second-order valence-electron chi connectivity index (χ2n) is 7.60. The van der Waals surface area contributed by atoms with Crippen LogP contribution in [-0.4, -0.2) is 31.6 Å². The van der Waals surface area contributed by atoms with Crippen molar-refractivity contribution >= 4 is 60.2 Å². The Bertz CT molecular complexity index is 912. The van der Waals surface area contributed by atoms with Gasteiger partial charge < -0.3 is 20.9 Å². The topological polar surface area (TPSA) is 93.7 Å². The summed E-state index contributed by atoms with van der Waals surface area (Å²) in [5, 5.41) is 6.99. The minimum Gasteiger partial charge on any atom is -0.364 e. The van der Waals surface area contributed by atoms with E-state index in [0.29, 0.717) is 24.6 Å². The molecule has 0 aliphatic heterocycles. The Morgan fingerprint density at radius 1 is 1.03 bits per heavy atom. The number of aromatic nitrogens is 4. The van der Waals surface area contributed by atoms with Gasteiger partial charge in [-0.2, -0.15) is 9.97 Å². The van der Waals surface area contributed by atoms with Crippen molar-refractivity contribution in [3.05, 3.63) is 42.2 Å². The molecule has 0 unspecified atom stereocenters. The Hall–Kier alpha value is -1.80. The van der Waals surface area contributed by atoms with Crippen LogP contribution in [0.2, 0.25) is 0 Å². The number of fused-ring (bicyclic) bond motifs is 1. The number of rotatable bonds is 7. The molecule has 0 atom stereocenters. The molecule has 2 heterocycles. The molecule has 1 aromatic carbocycles. The van der Waals surface area contributed by atoms with Gasteiger partial charge in [0.1, 0.15) is 0 Å². The summed E-state index contributed by atoms with van der Waals surface area (Å²) in [6.45, 7) is 3.75.